The summed E-state index contributed by atoms with van der Waals surface area (Å²) in [6.07, 6.45) is -0.415. The number of aliphatic carboxylic acids is 1. The summed E-state index contributed by atoms with van der Waals surface area (Å²) in [4.78, 5) is 15.2. The average Bonchev–Trinajstić information content (AvgIpc) is 3.41. The molecule has 39 heavy (non-hydrogen) atoms. The van der Waals surface area contributed by atoms with Crippen molar-refractivity contribution >= 4 is 61.0 Å². The molecular formula is C24H22ClF3N4O5S2. The molecular weight excluding hydrogens is 581 g/mol. The Kier molecular flexibility index (Phi) is 8.69. The average molecular weight is 603 g/mol. The number of nitrogens with zero attached hydrogens (tertiary/aromatic N) is 2. The van der Waals surface area contributed by atoms with E-state index in [0.29, 0.717) is 29.1 Å². The van der Waals surface area contributed by atoms with Crippen LogP contribution in [0.2, 0.25) is 5.02 Å². The van der Waals surface area contributed by atoms with Gasteiger partial charge in [-0.05, 0) is 48.9 Å². The van der Waals surface area contributed by atoms with Gasteiger partial charge in [-0.3, -0.25) is 4.72 Å². The molecule has 9 nitrogen and oxygen atoms in total. The first-order valence-electron chi connectivity index (χ1n) is 11.4. The molecule has 0 radical (unpaired) electrons. The number of ether oxygens (including phenoxy) is 1. The molecule has 0 saturated carbocycles. The number of thiazole rings is 1. The molecule has 0 aliphatic carbocycles. The number of benzene rings is 2. The fourth-order valence-corrected chi connectivity index (χ4v) is 5.91. The molecule has 2 aromatic carbocycles. The number of carboxylic acid groups (broad SMARTS) is 1. The molecule has 5 rings (SSSR count). The zero-order chi connectivity index (χ0) is 28.2. The molecule has 0 spiro atoms. The number of rotatable bonds is 5. The number of hydrogen-bond donors (Lipinski definition) is 3. The van der Waals surface area contributed by atoms with Crippen LogP contribution in [0, 0.1) is 0 Å². The summed E-state index contributed by atoms with van der Waals surface area (Å²) >= 11 is 7.57. The van der Waals surface area contributed by atoms with Gasteiger partial charge in [0, 0.05) is 40.5 Å². The molecule has 3 heterocycles. The second-order valence-electron chi connectivity index (χ2n) is 8.22. The van der Waals surface area contributed by atoms with Crippen molar-refractivity contribution < 1.29 is 36.2 Å². The smallest absolute Gasteiger partial charge is 0.489 e. The molecule has 2 aliphatic heterocycles. The third kappa shape index (κ3) is 7.01. The summed E-state index contributed by atoms with van der Waals surface area (Å²) in [6.45, 7) is 2.84. The third-order valence-corrected chi connectivity index (χ3v) is 8.05. The minimum absolute atomic E-state index is 0.130. The number of nitrogens with one attached hydrogen (secondary N) is 2. The van der Waals surface area contributed by atoms with Crippen molar-refractivity contribution in [1.82, 2.24) is 10.3 Å². The lowest BCUT2D eigenvalue weighted by molar-refractivity contribution is -0.192. The largest absolute Gasteiger partial charge is 0.490 e. The number of fused-ring (bicyclic) bond motifs is 1. The second-order valence-corrected chi connectivity index (χ2v) is 11.2. The van der Waals surface area contributed by atoms with Crippen LogP contribution < -0.4 is 19.7 Å². The van der Waals surface area contributed by atoms with Gasteiger partial charge >= 0.3 is 12.1 Å². The molecule has 1 aromatic heterocycles. The second kappa shape index (κ2) is 11.8. The molecule has 15 heteroatoms. The van der Waals surface area contributed by atoms with Gasteiger partial charge in [-0.15, -0.1) is 11.3 Å². The van der Waals surface area contributed by atoms with Crippen LogP contribution in [0.3, 0.4) is 0 Å². The maximum Gasteiger partial charge on any atom is 0.490 e. The first-order chi connectivity index (χ1) is 18.5. The Morgan fingerprint density at radius 1 is 1.21 bits per heavy atom. The Morgan fingerprint density at radius 2 is 1.95 bits per heavy atom. The molecule has 3 N–H and O–H groups in total. The molecule has 0 amide bonds. The van der Waals surface area contributed by atoms with E-state index in [1.807, 2.05) is 18.2 Å². The van der Waals surface area contributed by atoms with Gasteiger partial charge in [0.25, 0.3) is 10.0 Å². The van der Waals surface area contributed by atoms with Crippen molar-refractivity contribution in [3.05, 3.63) is 64.6 Å². The van der Waals surface area contributed by atoms with Gasteiger partial charge in [0.15, 0.2) is 5.13 Å². The number of sulfonamides is 1. The predicted octanol–water partition coefficient (Wildman–Crippen LogP) is 5.14. The van der Waals surface area contributed by atoms with Gasteiger partial charge in [0.1, 0.15) is 12.4 Å². The van der Waals surface area contributed by atoms with E-state index in [4.69, 9.17) is 26.2 Å². The standard InChI is InChI=1S/C22H21ClN4O3S2.C2HF3O2/c23-16-1-3-19(18(13-16)15-5-7-24-8-6-15)27-10-11-30-21-14-17(2-4-20(21)27)32(28,29)26-22-25-9-12-31-22;3-2(4,5)1(6)7/h1-5,9,12-14,24H,6-8,10-11H2,(H,25,26);(H,6,7). The summed E-state index contributed by atoms with van der Waals surface area (Å²) < 4.78 is 65.7. The fraction of sp³-hybridized carbons (Fsp3) is 0.250. The minimum Gasteiger partial charge on any atom is -0.489 e. The van der Waals surface area contributed by atoms with Crippen molar-refractivity contribution in [2.24, 2.45) is 0 Å². The van der Waals surface area contributed by atoms with Crippen LogP contribution in [0.15, 0.2) is 58.9 Å². The summed E-state index contributed by atoms with van der Waals surface area (Å²) in [5, 5.41) is 13.2. The molecule has 0 atom stereocenters. The maximum atomic E-state index is 12.8. The molecule has 2 aliphatic rings. The highest BCUT2D eigenvalue weighted by molar-refractivity contribution is 7.93. The summed E-state index contributed by atoms with van der Waals surface area (Å²) in [6, 6.07) is 10.9. The maximum absolute atomic E-state index is 12.8. The van der Waals surface area contributed by atoms with Crippen molar-refractivity contribution in [1.29, 1.82) is 0 Å². The van der Waals surface area contributed by atoms with E-state index in [1.54, 1.807) is 29.8 Å². The minimum atomic E-state index is -5.08. The number of hydrogen-bond acceptors (Lipinski definition) is 8. The zero-order valence-electron chi connectivity index (χ0n) is 20.0. The van der Waals surface area contributed by atoms with Crippen LogP contribution >= 0.6 is 22.9 Å². The van der Waals surface area contributed by atoms with E-state index in [2.05, 4.69) is 26.0 Å². The van der Waals surface area contributed by atoms with Crippen LogP contribution in [0.4, 0.5) is 29.7 Å². The van der Waals surface area contributed by atoms with E-state index in [0.717, 1.165) is 36.4 Å². The highest BCUT2D eigenvalue weighted by Crippen LogP contribution is 2.42. The third-order valence-electron chi connectivity index (χ3n) is 5.66. The van der Waals surface area contributed by atoms with Crippen molar-refractivity contribution in [3.63, 3.8) is 0 Å². The molecule has 0 fully saturated rings. The van der Waals surface area contributed by atoms with Crippen LogP contribution in [-0.2, 0) is 14.8 Å². The van der Waals surface area contributed by atoms with E-state index in [9.17, 15) is 21.6 Å². The molecule has 208 valence electrons. The van der Waals surface area contributed by atoms with Crippen molar-refractivity contribution in [2.45, 2.75) is 17.5 Å². The quantitative estimate of drug-likeness (QED) is 0.367. The Hall–Kier alpha value is -3.33. The lowest BCUT2D eigenvalue weighted by atomic mass is 9.97. The molecule has 3 aromatic rings. The van der Waals surface area contributed by atoms with E-state index < -0.39 is 22.2 Å². The Morgan fingerprint density at radius 3 is 2.59 bits per heavy atom. The van der Waals surface area contributed by atoms with Crippen LogP contribution in [0.25, 0.3) is 5.57 Å². The lowest BCUT2D eigenvalue weighted by Gasteiger charge is -2.33. The van der Waals surface area contributed by atoms with Crippen molar-refractivity contribution in [3.8, 4) is 5.75 Å². The van der Waals surface area contributed by atoms with Crippen LogP contribution in [0.5, 0.6) is 5.75 Å². The van der Waals surface area contributed by atoms with Gasteiger partial charge in [-0.2, -0.15) is 13.2 Å². The number of aromatic nitrogens is 1. The SMILES string of the molecule is O=C(O)C(F)(F)F.O=S(=O)(Nc1nccs1)c1ccc2c(c1)OCCN2c1ccc(Cl)cc1C1=CCNCC1. The summed E-state index contributed by atoms with van der Waals surface area (Å²) in [5.74, 6) is -2.23. The van der Waals surface area contributed by atoms with E-state index in [-0.39, 0.29) is 4.90 Å². The van der Waals surface area contributed by atoms with Gasteiger partial charge in [0.2, 0.25) is 0 Å². The normalized spacial score (nSPS) is 15.3. The topological polar surface area (TPSA) is 121 Å². The number of carbonyl (C=O) groups is 1. The number of halogens is 4. The van der Waals surface area contributed by atoms with Crippen LogP contribution in [-0.4, -0.2) is 56.9 Å². The Bertz CT molecular complexity index is 1480. The Labute approximate surface area is 230 Å². The zero-order valence-corrected chi connectivity index (χ0v) is 22.4. The van der Waals surface area contributed by atoms with Gasteiger partial charge in [-0.1, -0.05) is 17.7 Å². The van der Waals surface area contributed by atoms with Crippen molar-refractivity contribution in [2.75, 3.05) is 35.9 Å². The predicted molar refractivity (Wildman–Crippen MR) is 142 cm³/mol. The molecule has 0 saturated heterocycles. The van der Waals surface area contributed by atoms with E-state index >= 15 is 0 Å². The van der Waals surface area contributed by atoms with Gasteiger partial charge in [-0.25, -0.2) is 18.2 Å². The number of carboxylic acids is 1. The fourth-order valence-electron chi connectivity index (χ4n) is 3.93. The van der Waals surface area contributed by atoms with E-state index in [1.165, 1.54) is 16.9 Å². The lowest BCUT2D eigenvalue weighted by Crippen LogP contribution is -2.30. The summed E-state index contributed by atoms with van der Waals surface area (Å²) in [7, 11) is -3.76. The highest BCUT2D eigenvalue weighted by Gasteiger charge is 2.38. The molecule has 0 bridgehead atoms. The number of alkyl halides is 3. The molecule has 0 unspecified atom stereocenters. The number of anilines is 3. The first-order valence-corrected chi connectivity index (χ1v) is 14.2. The summed E-state index contributed by atoms with van der Waals surface area (Å²) in [5.41, 5.74) is 4.20. The monoisotopic (exact) mass is 602 g/mol. The first kappa shape index (κ1) is 28.7. The Balaban J connectivity index is 0.000000448. The van der Waals surface area contributed by atoms with Gasteiger partial charge < -0.3 is 20.1 Å². The van der Waals surface area contributed by atoms with Gasteiger partial charge in [0.05, 0.1) is 17.1 Å². The highest BCUT2D eigenvalue weighted by atomic mass is 35.5. The van der Waals surface area contributed by atoms with Crippen LogP contribution in [0.1, 0.15) is 12.0 Å².